The number of esters is 1. The molecular formula is C20H21NO6S. The third-order valence-electron chi connectivity index (χ3n) is 5.25. The number of hydrogen-bond donors (Lipinski definition) is 1. The van der Waals surface area contributed by atoms with Gasteiger partial charge in [-0.1, -0.05) is 23.8 Å². The van der Waals surface area contributed by atoms with E-state index in [0.29, 0.717) is 17.1 Å². The van der Waals surface area contributed by atoms with Crippen LogP contribution in [-0.4, -0.2) is 38.6 Å². The molecule has 28 heavy (non-hydrogen) atoms. The van der Waals surface area contributed by atoms with E-state index in [1.807, 2.05) is 6.92 Å². The Morgan fingerprint density at radius 2 is 1.86 bits per heavy atom. The lowest BCUT2D eigenvalue weighted by molar-refractivity contribution is -0.145. The lowest BCUT2D eigenvalue weighted by Gasteiger charge is -2.11. The smallest absolute Gasteiger partial charge is 0.328 e. The van der Waals surface area contributed by atoms with E-state index in [4.69, 9.17) is 19.9 Å². The van der Waals surface area contributed by atoms with Gasteiger partial charge in [-0.25, -0.2) is 13.2 Å². The Balaban J connectivity index is 1.77. The van der Waals surface area contributed by atoms with E-state index < -0.39 is 32.5 Å². The molecule has 4 rings (SSSR count). The van der Waals surface area contributed by atoms with Crippen molar-refractivity contribution in [2.45, 2.75) is 35.4 Å². The molecule has 8 heteroatoms. The van der Waals surface area contributed by atoms with Crippen LogP contribution >= 0.6 is 0 Å². The first-order valence-electron chi connectivity index (χ1n) is 8.96. The minimum absolute atomic E-state index is 0.0974. The number of benzene rings is 2. The molecule has 1 heterocycles. The van der Waals surface area contributed by atoms with Crippen molar-refractivity contribution in [2.24, 2.45) is 5.73 Å². The van der Waals surface area contributed by atoms with Crippen molar-refractivity contribution in [3.8, 4) is 11.5 Å². The van der Waals surface area contributed by atoms with Gasteiger partial charge in [-0.2, -0.15) is 0 Å². The van der Waals surface area contributed by atoms with Crippen molar-refractivity contribution >= 4 is 15.8 Å². The van der Waals surface area contributed by atoms with Crippen LogP contribution < -0.4 is 15.2 Å². The van der Waals surface area contributed by atoms with Gasteiger partial charge >= 0.3 is 5.97 Å². The van der Waals surface area contributed by atoms with Gasteiger partial charge in [0, 0.05) is 5.92 Å². The molecule has 1 fully saturated rings. The summed E-state index contributed by atoms with van der Waals surface area (Å²) >= 11 is 0. The van der Waals surface area contributed by atoms with Gasteiger partial charge in [0.1, 0.15) is 10.8 Å². The van der Waals surface area contributed by atoms with Gasteiger partial charge in [-0.3, -0.25) is 0 Å². The predicted octanol–water partition coefficient (Wildman–Crippen LogP) is 1.92. The average molecular weight is 403 g/mol. The molecule has 0 radical (unpaired) electrons. The van der Waals surface area contributed by atoms with Crippen LogP contribution in [0.1, 0.15) is 24.0 Å². The predicted molar refractivity (Wildman–Crippen MR) is 101 cm³/mol. The summed E-state index contributed by atoms with van der Waals surface area (Å²) in [5.74, 6) is -0.395. The molecule has 3 atom stereocenters. The highest BCUT2D eigenvalue weighted by Gasteiger charge is 2.74. The van der Waals surface area contributed by atoms with Crippen molar-refractivity contribution in [3.05, 3.63) is 53.6 Å². The Labute approximate surface area is 163 Å². The fourth-order valence-corrected chi connectivity index (χ4v) is 5.97. The third kappa shape index (κ3) is 2.75. The highest BCUT2D eigenvalue weighted by Crippen LogP contribution is 2.57. The number of rotatable bonds is 5. The molecule has 2 aliphatic rings. The van der Waals surface area contributed by atoms with Gasteiger partial charge in [0.25, 0.3) is 0 Å². The van der Waals surface area contributed by atoms with E-state index in [1.54, 1.807) is 37.3 Å². The van der Waals surface area contributed by atoms with Crippen LogP contribution in [0.25, 0.3) is 0 Å². The van der Waals surface area contributed by atoms with E-state index >= 15 is 0 Å². The van der Waals surface area contributed by atoms with Gasteiger partial charge in [-0.05, 0) is 43.7 Å². The van der Waals surface area contributed by atoms with E-state index in [-0.39, 0.29) is 18.3 Å². The van der Waals surface area contributed by atoms with Gasteiger partial charge < -0.3 is 19.9 Å². The number of fused-ring (bicyclic) bond motifs is 1. The van der Waals surface area contributed by atoms with E-state index in [9.17, 15) is 13.2 Å². The fraction of sp³-hybridized carbons (Fsp3) is 0.350. The van der Waals surface area contributed by atoms with Crippen LogP contribution in [0.4, 0.5) is 0 Å². The number of sulfone groups is 1. The second-order valence-electron chi connectivity index (χ2n) is 7.02. The maximum Gasteiger partial charge on any atom is 0.328 e. The lowest BCUT2D eigenvalue weighted by Crippen LogP contribution is -2.41. The zero-order chi connectivity index (χ0) is 20.1. The molecule has 0 unspecified atom stereocenters. The second-order valence-corrected chi connectivity index (χ2v) is 9.09. The highest BCUT2D eigenvalue weighted by atomic mass is 32.2. The molecular weight excluding hydrogens is 382 g/mol. The van der Waals surface area contributed by atoms with Crippen LogP contribution in [0.3, 0.4) is 0 Å². The van der Waals surface area contributed by atoms with Crippen molar-refractivity contribution in [1.82, 2.24) is 0 Å². The third-order valence-corrected chi connectivity index (χ3v) is 7.51. The first-order chi connectivity index (χ1) is 13.3. The molecule has 0 saturated heterocycles. The van der Waals surface area contributed by atoms with Crippen molar-refractivity contribution in [2.75, 3.05) is 13.4 Å². The Kier molecular flexibility index (Phi) is 4.35. The second kappa shape index (κ2) is 6.49. The van der Waals surface area contributed by atoms with Crippen LogP contribution in [-0.2, 0) is 19.4 Å². The van der Waals surface area contributed by atoms with Crippen molar-refractivity contribution < 1.29 is 27.4 Å². The summed E-state index contributed by atoms with van der Waals surface area (Å²) in [5.41, 5.74) is 6.24. The molecule has 1 aliphatic carbocycles. The molecule has 148 valence electrons. The molecule has 0 spiro atoms. The number of ether oxygens (including phenoxy) is 3. The molecule has 7 nitrogen and oxygen atoms in total. The van der Waals surface area contributed by atoms with Crippen LogP contribution in [0.5, 0.6) is 11.5 Å². The highest BCUT2D eigenvalue weighted by molar-refractivity contribution is 7.92. The molecule has 2 aromatic rings. The van der Waals surface area contributed by atoms with Gasteiger partial charge in [0.15, 0.2) is 21.3 Å². The quantitative estimate of drug-likeness (QED) is 0.761. The Bertz CT molecular complexity index is 1030. The molecule has 1 saturated carbocycles. The van der Waals surface area contributed by atoms with Gasteiger partial charge in [0.05, 0.1) is 11.5 Å². The summed E-state index contributed by atoms with van der Waals surface area (Å²) in [6, 6.07) is 11.6. The van der Waals surface area contributed by atoms with Crippen molar-refractivity contribution in [1.29, 1.82) is 0 Å². The standard InChI is InChI=1S/C20H21NO6S/c1-3-25-19(22)20(21)17(13-6-9-15-16(10-13)27-11-26-15)18(20)28(23,24)14-7-4-12(2)5-8-14/h4-10,17-18H,3,11,21H2,1-2H3/t17-,18+,20-/m1/s1. The number of hydrogen-bond acceptors (Lipinski definition) is 7. The number of aryl methyl sites for hydroxylation is 1. The zero-order valence-corrected chi connectivity index (χ0v) is 16.4. The van der Waals surface area contributed by atoms with Gasteiger partial charge in [-0.15, -0.1) is 0 Å². The maximum absolute atomic E-state index is 13.3. The molecule has 2 aromatic carbocycles. The number of nitrogens with two attached hydrogens (primary N) is 1. The summed E-state index contributed by atoms with van der Waals surface area (Å²) < 4.78 is 42.4. The molecule has 0 amide bonds. The summed E-state index contributed by atoms with van der Waals surface area (Å²) in [7, 11) is -3.86. The summed E-state index contributed by atoms with van der Waals surface area (Å²) in [5, 5.41) is -1.12. The van der Waals surface area contributed by atoms with Crippen LogP contribution in [0.2, 0.25) is 0 Å². The topological polar surface area (TPSA) is 105 Å². The largest absolute Gasteiger partial charge is 0.465 e. The first kappa shape index (κ1) is 18.8. The number of carbonyl (C=O) groups is 1. The number of carbonyl (C=O) groups excluding carboxylic acids is 1. The fourth-order valence-electron chi connectivity index (χ4n) is 3.74. The molecule has 0 aromatic heterocycles. The van der Waals surface area contributed by atoms with E-state index in [1.165, 1.54) is 12.1 Å². The van der Waals surface area contributed by atoms with Crippen molar-refractivity contribution in [3.63, 3.8) is 0 Å². The molecule has 2 N–H and O–H groups in total. The van der Waals surface area contributed by atoms with Gasteiger partial charge in [0.2, 0.25) is 6.79 Å². The molecule has 0 bridgehead atoms. The monoisotopic (exact) mass is 403 g/mol. The first-order valence-corrected chi connectivity index (χ1v) is 10.5. The van der Waals surface area contributed by atoms with E-state index in [2.05, 4.69) is 0 Å². The Morgan fingerprint density at radius 1 is 1.18 bits per heavy atom. The zero-order valence-electron chi connectivity index (χ0n) is 15.5. The summed E-state index contributed by atoms with van der Waals surface area (Å²) in [6.07, 6.45) is 0. The Hall–Kier alpha value is -2.58. The lowest BCUT2D eigenvalue weighted by atomic mass is 10.1. The Morgan fingerprint density at radius 3 is 2.54 bits per heavy atom. The SMILES string of the molecule is CCOC(=O)[C@@]1(N)[C@H](c2ccc3c(c2)OCO3)[C@@H]1S(=O)(=O)c1ccc(C)cc1. The summed E-state index contributed by atoms with van der Waals surface area (Å²) in [4.78, 5) is 12.7. The average Bonchev–Trinajstić information content (AvgIpc) is 3.07. The maximum atomic E-state index is 13.3. The van der Waals surface area contributed by atoms with Crippen LogP contribution in [0, 0.1) is 6.92 Å². The van der Waals surface area contributed by atoms with E-state index in [0.717, 1.165) is 5.56 Å². The minimum atomic E-state index is -3.86. The van der Waals surface area contributed by atoms with Crippen LogP contribution in [0.15, 0.2) is 47.4 Å². The minimum Gasteiger partial charge on any atom is -0.465 e. The molecule has 1 aliphatic heterocycles. The normalized spacial score (nSPS) is 25.4. The summed E-state index contributed by atoms with van der Waals surface area (Å²) in [6.45, 7) is 3.74.